The molecule has 1 aromatic heterocycles. The van der Waals surface area contributed by atoms with Crippen LogP contribution >= 0.6 is 0 Å². The Kier molecular flexibility index (Phi) is 5.69. The second-order valence-electron chi connectivity index (χ2n) is 5.76. The van der Waals surface area contributed by atoms with Crippen LogP contribution in [0.2, 0.25) is 0 Å². The van der Waals surface area contributed by atoms with E-state index in [0.717, 1.165) is 29.5 Å². The number of benzene rings is 2. The number of unbranched alkanes of at least 4 members (excludes halogenated alkanes) is 1. The van der Waals surface area contributed by atoms with Gasteiger partial charge in [-0.15, -0.1) is 0 Å². The Labute approximate surface area is 146 Å². The summed E-state index contributed by atoms with van der Waals surface area (Å²) >= 11 is 0. The number of carbonyl (C=O) groups is 1. The Hall–Kier alpha value is -2.79. The van der Waals surface area contributed by atoms with E-state index in [9.17, 15) is 4.79 Å². The number of amides is 1. The molecule has 0 saturated carbocycles. The summed E-state index contributed by atoms with van der Waals surface area (Å²) in [5, 5.41) is 3.78. The molecule has 5 heteroatoms. The van der Waals surface area contributed by atoms with Gasteiger partial charge in [0, 0.05) is 17.5 Å². The topological polar surface area (TPSA) is 77.5 Å². The van der Waals surface area contributed by atoms with E-state index in [1.165, 1.54) is 0 Å². The summed E-state index contributed by atoms with van der Waals surface area (Å²) in [4.78, 5) is 12.5. The number of hydrogen-bond acceptors (Lipinski definition) is 4. The SMILES string of the molecule is NCCCCNC(=O)c1oc2ccccc2c1COc1ccccc1. The maximum Gasteiger partial charge on any atom is 0.287 e. The van der Waals surface area contributed by atoms with Crippen LogP contribution in [-0.2, 0) is 6.61 Å². The molecule has 0 radical (unpaired) electrons. The van der Waals surface area contributed by atoms with Gasteiger partial charge in [-0.2, -0.15) is 0 Å². The van der Waals surface area contributed by atoms with Crippen molar-refractivity contribution in [2.75, 3.05) is 13.1 Å². The Morgan fingerprint density at radius 2 is 1.80 bits per heavy atom. The lowest BCUT2D eigenvalue weighted by molar-refractivity contribution is 0.0924. The lowest BCUT2D eigenvalue weighted by Crippen LogP contribution is -2.25. The molecule has 0 saturated heterocycles. The van der Waals surface area contributed by atoms with E-state index in [1.54, 1.807) is 0 Å². The monoisotopic (exact) mass is 338 g/mol. The van der Waals surface area contributed by atoms with Gasteiger partial charge in [0.25, 0.3) is 5.91 Å². The number of ether oxygens (including phenoxy) is 1. The van der Waals surface area contributed by atoms with Crippen LogP contribution in [0.4, 0.5) is 0 Å². The van der Waals surface area contributed by atoms with E-state index in [0.29, 0.717) is 24.4 Å². The number of nitrogens with one attached hydrogen (secondary N) is 1. The second-order valence-corrected chi connectivity index (χ2v) is 5.76. The molecular formula is C20H22N2O3. The van der Waals surface area contributed by atoms with Gasteiger partial charge in [0.1, 0.15) is 17.9 Å². The quantitative estimate of drug-likeness (QED) is 0.617. The molecule has 130 valence electrons. The first-order chi connectivity index (χ1) is 12.3. The highest BCUT2D eigenvalue weighted by Crippen LogP contribution is 2.27. The molecule has 0 aliphatic carbocycles. The van der Waals surface area contributed by atoms with Crippen LogP contribution in [0.3, 0.4) is 0 Å². The van der Waals surface area contributed by atoms with Crippen LogP contribution in [0.25, 0.3) is 11.0 Å². The van der Waals surface area contributed by atoms with Crippen LogP contribution in [0.15, 0.2) is 59.0 Å². The Bertz CT molecular complexity index is 827. The maximum absolute atomic E-state index is 12.5. The molecule has 3 N–H and O–H groups in total. The number of para-hydroxylation sites is 2. The lowest BCUT2D eigenvalue weighted by Gasteiger charge is -2.07. The van der Waals surface area contributed by atoms with Crippen molar-refractivity contribution < 1.29 is 13.9 Å². The van der Waals surface area contributed by atoms with Gasteiger partial charge in [-0.3, -0.25) is 4.79 Å². The Morgan fingerprint density at radius 3 is 2.60 bits per heavy atom. The smallest absolute Gasteiger partial charge is 0.287 e. The fourth-order valence-corrected chi connectivity index (χ4v) is 2.65. The van der Waals surface area contributed by atoms with Crippen molar-refractivity contribution in [3.05, 3.63) is 65.9 Å². The molecular weight excluding hydrogens is 316 g/mol. The largest absolute Gasteiger partial charge is 0.489 e. The zero-order chi connectivity index (χ0) is 17.5. The zero-order valence-electron chi connectivity index (χ0n) is 14.0. The molecule has 2 aromatic carbocycles. The summed E-state index contributed by atoms with van der Waals surface area (Å²) in [6.45, 7) is 1.47. The third-order valence-electron chi connectivity index (χ3n) is 3.95. The summed E-state index contributed by atoms with van der Waals surface area (Å²) in [7, 11) is 0. The van der Waals surface area contributed by atoms with Gasteiger partial charge in [0.05, 0.1) is 0 Å². The van der Waals surface area contributed by atoms with Gasteiger partial charge >= 0.3 is 0 Å². The minimum atomic E-state index is -0.222. The van der Waals surface area contributed by atoms with Gasteiger partial charge in [-0.05, 0) is 37.6 Å². The third-order valence-corrected chi connectivity index (χ3v) is 3.95. The van der Waals surface area contributed by atoms with E-state index >= 15 is 0 Å². The number of furan rings is 1. The molecule has 0 fully saturated rings. The Balaban J connectivity index is 1.80. The molecule has 5 nitrogen and oxygen atoms in total. The number of nitrogens with two attached hydrogens (primary N) is 1. The van der Waals surface area contributed by atoms with Crippen molar-refractivity contribution in [2.24, 2.45) is 5.73 Å². The summed E-state index contributed by atoms with van der Waals surface area (Å²) in [5.41, 5.74) is 6.92. The average Bonchev–Trinajstić information content (AvgIpc) is 3.03. The zero-order valence-corrected chi connectivity index (χ0v) is 14.0. The predicted octanol–water partition coefficient (Wildman–Crippen LogP) is 3.48. The first-order valence-electron chi connectivity index (χ1n) is 8.46. The molecule has 0 spiro atoms. The minimum Gasteiger partial charge on any atom is -0.489 e. The molecule has 0 aliphatic rings. The Morgan fingerprint density at radius 1 is 1.04 bits per heavy atom. The van der Waals surface area contributed by atoms with E-state index in [-0.39, 0.29) is 12.5 Å². The highest BCUT2D eigenvalue weighted by atomic mass is 16.5. The first kappa shape index (κ1) is 17.0. The van der Waals surface area contributed by atoms with Crippen LogP contribution in [0.5, 0.6) is 5.75 Å². The second kappa shape index (κ2) is 8.35. The number of fused-ring (bicyclic) bond motifs is 1. The van der Waals surface area contributed by atoms with Crippen LogP contribution in [-0.4, -0.2) is 19.0 Å². The molecule has 0 aliphatic heterocycles. The molecule has 0 atom stereocenters. The van der Waals surface area contributed by atoms with Gasteiger partial charge in [-0.25, -0.2) is 0 Å². The minimum absolute atomic E-state index is 0.222. The summed E-state index contributed by atoms with van der Waals surface area (Å²) in [5.74, 6) is 0.840. The summed E-state index contributed by atoms with van der Waals surface area (Å²) < 4.78 is 11.6. The van der Waals surface area contributed by atoms with Crippen LogP contribution in [0.1, 0.15) is 29.0 Å². The van der Waals surface area contributed by atoms with E-state index < -0.39 is 0 Å². The fourth-order valence-electron chi connectivity index (χ4n) is 2.65. The van der Waals surface area contributed by atoms with Gasteiger partial charge in [0.2, 0.25) is 0 Å². The predicted molar refractivity (Wildman–Crippen MR) is 97.6 cm³/mol. The lowest BCUT2D eigenvalue weighted by atomic mass is 10.1. The molecule has 3 rings (SSSR count). The molecule has 0 bridgehead atoms. The van der Waals surface area contributed by atoms with Gasteiger partial charge in [-0.1, -0.05) is 36.4 Å². The van der Waals surface area contributed by atoms with E-state index in [1.807, 2.05) is 54.6 Å². The van der Waals surface area contributed by atoms with E-state index in [4.69, 9.17) is 14.9 Å². The number of rotatable bonds is 8. The van der Waals surface area contributed by atoms with Crippen molar-refractivity contribution in [2.45, 2.75) is 19.4 Å². The first-order valence-corrected chi connectivity index (χ1v) is 8.46. The molecule has 1 amide bonds. The molecule has 3 aromatic rings. The van der Waals surface area contributed by atoms with Crippen molar-refractivity contribution >= 4 is 16.9 Å². The third kappa shape index (κ3) is 4.19. The van der Waals surface area contributed by atoms with Crippen molar-refractivity contribution in [3.8, 4) is 5.75 Å². The van der Waals surface area contributed by atoms with Crippen LogP contribution in [0, 0.1) is 0 Å². The average molecular weight is 338 g/mol. The van der Waals surface area contributed by atoms with Crippen LogP contribution < -0.4 is 15.8 Å². The normalized spacial score (nSPS) is 10.8. The van der Waals surface area contributed by atoms with Gasteiger partial charge in [0.15, 0.2) is 5.76 Å². The summed E-state index contributed by atoms with van der Waals surface area (Å²) in [6, 6.07) is 17.1. The highest BCUT2D eigenvalue weighted by molar-refractivity contribution is 5.99. The maximum atomic E-state index is 12.5. The van der Waals surface area contributed by atoms with Crippen molar-refractivity contribution in [3.63, 3.8) is 0 Å². The standard InChI is InChI=1S/C20H22N2O3/c21-12-6-7-13-22-20(23)19-17(14-24-15-8-2-1-3-9-15)16-10-4-5-11-18(16)25-19/h1-5,8-11H,6-7,12-14,21H2,(H,22,23). The fraction of sp³-hybridized carbons (Fsp3) is 0.250. The summed E-state index contributed by atoms with van der Waals surface area (Å²) in [6.07, 6.45) is 1.72. The van der Waals surface area contributed by atoms with Crippen molar-refractivity contribution in [1.29, 1.82) is 0 Å². The van der Waals surface area contributed by atoms with E-state index in [2.05, 4.69) is 5.32 Å². The molecule has 25 heavy (non-hydrogen) atoms. The molecule has 0 unspecified atom stereocenters. The number of carbonyl (C=O) groups excluding carboxylic acids is 1. The molecule has 1 heterocycles. The number of hydrogen-bond donors (Lipinski definition) is 2. The highest BCUT2D eigenvalue weighted by Gasteiger charge is 2.20. The van der Waals surface area contributed by atoms with Crippen molar-refractivity contribution in [1.82, 2.24) is 5.32 Å². The van der Waals surface area contributed by atoms with Gasteiger partial charge < -0.3 is 20.2 Å².